The maximum atomic E-state index is 13.6. The Labute approximate surface area is 339 Å². The Balaban J connectivity index is 0.00000512. The van der Waals surface area contributed by atoms with Crippen LogP contribution in [0.1, 0.15) is 74.7 Å². The van der Waals surface area contributed by atoms with Crippen molar-refractivity contribution in [2.75, 3.05) is 69.6 Å². The number of aromatic nitrogens is 2. The summed E-state index contributed by atoms with van der Waals surface area (Å²) in [5, 5.41) is 9.88. The molecule has 2 aromatic carbocycles. The summed E-state index contributed by atoms with van der Waals surface area (Å²) < 4.78 is 1.71. The molecule has 315 valence electrons. The first kappa shape index (κ1) is 40.3. The number of aryl methyl sites for hydroxylation is 1. The molecule has 5 aliphatic heterocycles. The van der Waals surface area contributed by atoms with Gasteiger partial charge < -0.3 is 26.9 Å². The minimum Gasteiger partial charge on any atom is -0.406 e. The van der Waals surface area contributed by atoms with Crippen molar-refractivity contribution in [3.05, 3.63) is 92.7 Å². The third kappa shape index (κ3) is 7.59. The van der Waals surface area contributed by atoms with Gasteiger partial charge in [0.1, 0.15) is 10.5 Å². The fourth-order valence-electron chi connectivity index (χ4n) is 9.27. The number of piperidine rings is 3. The van der Waals surface area contributed by atoms with E-state index in [9.17, 15) is 28.8 Å². The zero-order valence-corrected chi connectivity index (χ0v) is 36.2. The van der Waals surface area contributed by atoms with Crippen LogP contribution in [0.2, 0.25) is 0 Å². The molecular formula is C41H47BrLrN9O6-. The van der Waals surface area contributed by atoms with Gasteiger partial charge in [-0.25, -0.2) is 4.68 Å². The van der Waals surface area contributed by atoms with Gasteiger partial charge in [-0.15, -0.1) is 0 Å². The number of hydrogen-bond acceptors (Lipinski definition) is 11. The number of hydrogen-bond donors (Lipinski definition) is 2. The molecule has 3 aromatic rings. The van der Waals surface area contributed by atoms with E-state index in [2.05, 4.69) is 72.5 Å². The topological polar surface area (TPSA) is 160 Å². The zero-order chi connectivity index (χ0) is 40.2. The van der Waals surface area contributed by atoms with Gasteiger partial charge in [-0.05, 0) is 97.0 Å². The van der Waals surface area contributed by atoms with Crippen molar-refractivity contribution in [2.24, 2.45) is 7.05 Å². The molecule has 0 spiro atoms. The molecule has 2 N–H and O–H groups in total. The van der Waals surface area contributed by atoms with Gasteiger partial charge in [-0.2, -0.15) is 5.10 Å². The summed E-state index contributed by atoms with van der Waals surface area (Å²) in [6.45, 7) is 10.6. The van der Waals surface area contributed by atoms with E-state index in [0.29, 0.717) is 41.4 Å². The fraction of sp³-hybridized carbons (Fsp3) is 0.463. The Kier molecular flexibility index (Phi) is 11.0. The van der Waals surface area contributed by atoms with Crippen molar-refractivity contribution in [2.45, 2.75) is 55.6 Å². The molecule has 58 heavy (non-hydrogen) atoms. The molecule has 4 fully saturated rings. The number of rotatable bonds is 7. The van der Waals surface area contributed by atoms with Crippen LogP contribution >= 0.6 is 15.9 Å². The summed E-state index contributed by atoms with van der Waals surface area (Å²) in [5.74, 6) is -1.80. The van der Waals surface area contributed by atoms with Gasteiger partial charge >= 0.3 is 0 Å². The Bertz CT molecular complexity index is 2190. The number of likely N-dealkylation sites (tertiary alicyclic amines) is 2. The van der Waals surface area contributed by atoms with E-state index in [1.807, 2.05) is 23.1 Å². The number of nitrogens with zero attached hydrogens (tertiary/aromatic N) is 7. The molecule has 1 radical (unpaired) electrons. The van der Waals surface area contributed by atoms with Crippen LogP contribution in [0.5, 0.6) is 0 Å². The minimum absolute atomic E-state index is 0. The van der Waals surface area contributed by atoms with Crippen molar-refractivity contribution >= 4 is 56.8 Å². The van der Waals surface area contributed by atoms with E-state index in [0.717, 1.165) is 68.1 Å². The second kappa shape index (κ2) is 15.8. The number of carbonyl (C=O) groups is 5. The average Bonchev–Trinajstić information content (AvgIpc) is 3.45. The number of piperazine rings is 1. The van der Waals surface area contributed by atoms with E-state index in [1.165, 1.54) is 4.68 Å². The number of carbonyl (C=O) groups excluding carboxylic acids is 5. The third-order valence-electron chi connectivity index (χ3n) is 12.2. The Morgan fingerprint density at radius 3 is 2.29 bits per heavy atom. The monoisotopic (exact) mass is 1100 g/mol. The first-order valence-electron chi connectivity index (χ1n) is 19.6. The number of halogens is 1. The largest absolute Gasteiger partial charge is 0.406 e. The van der Waals surface area contributed by atoms with Gasteiger partial charge in [0.05, 0.1) is 23.0 Å². The van der Waals surface area contributed by atoms with Crippen molar-refractivity contribution in [3.8, 4) is 0 Å². The molecule has 0 saturated carbocycles. The molecule has 5 amide bonds. The maximum absolute atomic E-state index is 13.6. The zero-order valence-electron chi connectivity index (χ0n) is 32.5. The molecule has 1 unspecified atom stereocenters. The average molecular weight is 1100 g/mol. The Morgan fingerprint density at radius 2 is 1.60 bits per heavy atom. The van der Waals surface area contributed by atoms with Gasteiger partial charge in [-0.1, -0.05) is 17.7 Å². The van der Waals surface area contributed by atoms with E-state index in [-0.39, 0.29) is 41.4 Å². The van der Waals surface area contributed by atoms with Crippen LogP contribution in [0.3, 0.4) is 0 Å². The summed E-state index contributed by atoms with van der Waals surface area (Å²) in [6, 6.07) is 12.6. The van der Waals surface area contributed by atoms with Crippen molar-refractivity contribution in [3.63, 3.8) is 0 Å². The molecular weight excluding hydrogens is 1060 g/mol. The molecule has 0 aliphatic carbocycles. The summed E-state index contributed by atoms with van der Waals surface area (Å²) in [4.78, 5) is 86.5. The number of amides is 5. The van der Waals surface area contributed by atoms with Crippen LogP contribution < -0.4 is 21.1 Å². The first-order chi connectivity index (χ1) is 27.3. The predicted octanol–water partition coefficient (Wildman–Crippen LogP) is 2.47. The van der Waals surface area contributed by atoms with Crippen LogP contribution in [0.25, 0.3) is 0 Å². The molecule has 4 saturated heterocycles. The molecule has 1 aromatic heterocycles. The Morgan fingerprint density at radius 1 is 0.914 bits per heavy atom. The van der Waals surface area contributed by atoms with Gasteiger partial charge in [0.15, 0.2) is 0 Å². The van der Waals surface area contributed by atoms with Crippen LogP contribution in [0.15, 0.2) is 57.9 Å². The quantitative estimate of drug-likeness (QED) is 0.265. The number of likely N-dealkylation sites (N-methyl/N-ethyl adjacent to an activating group) is 1. The van der Waals surface area contributed by atoms with Gasteiger partial charge in [-0.3, -0.25) is 43.9 Å². The summed E-state index contributed by atoms with van der Waals surface area (Å²) in [7, 11) is 3.68. The normalized spacial score (nSPS) is 24.7. The number of benzene rings is 2. The molecule has 17 heteroatoms. The van der Waals surface area contributed by atoms with E-state index >= 15 is 0 Å². The first-order valence-corrected chi connectivity index (χ1v) is 20.4. The summed E-state index contributed by atoms with van der Waals surface area (Å²) in [5.41, 5.74) is 3.09. The maximum Gasteiger partial charge on any atom is 0.282 e. The van der Waals surface area contributed by atoms with Gasteiger partial charge in [0.2, 0.25) is 11.8 Å². The summed E-state index contributed by atoms with van der Waals surface area (Å²) >= 11 is 3.42. The molecule has 3 atom stereocenters. The van der Waals surface area contributed by atoms with Crippen molar-refractivity contribution < 1.29 is 24.0 Å². The van der Waals surface area contributed by atoms with E-state index < -0.39 is 35.2 Å². The smallest absolute Gasteiger partial charge is 0.282 e. The number of nitrogens with one attached hydrogen (secondary N) is 2. The number of imide groups is 2. The second-order valence-corrected chi connectivity index (χ2v) is 16.9. The molecule has 8 rings (SSSR count). The number of fused-ring (bicyclic) bond motifs is 1. The molecule has 6 heterocycles. The van der Waals surface area contributed by atoms with Crippen LogP contribution in [0.4, 0.5) is 11.4 Å². The van der Waals surface area contributed by atoms with Crippen molar-refractivity contribution in [1.82, 2.24) is 34.7 Å². The Hall–Kier alpha value is -5.93. The fourth-order valence-corrected chi connectivity index (χ4v) is 9.73. The standard InChI is InChI=1S/C41H47BrN9O6.Lr/c1-41(45-32-22-43-47(3)40(57)35(32)42)21-27(23-46(2)24-41)25-4-6-26(7-5-25)37(54)50-14-12-28(13-15-50)48-16-18-49(19-17-48)29-8-9-30-31(20-29)39(56)51(38(30)55)33-10-11-34(52)44-36(33)53;/h4-9,20,22,27-28,33,45H,1,10-19,21,23-24H2,2-3H3,(H,44,52,53);/q-1;/t27-,33?,41-;/m0./s1. The van der Waals surface area contributed by atoms with Crippen LogP contribution in [-0.2, 0) is 16.6 Å². The second-order valence-electron chi connectivity index (χ2n) is 16.1. The third-order valence-corrected chi connectivity index (χ3v) is 13.0. The van der Waals surface area contributed by atoms with Crippen molar-refractivity contribution in [1.29, 1.82) is 0 Å². The van der Waals surface area contributed by atoms with Gasteiger partial charge in [0, 0.05) is 76.6 Å². The van der Waals surface area contributed by atoms with Crippen LogP contribution in [0, 0.1) is 6.92 Å². The van der Waals surface area contributed by atoms with Gasteiger partial charge in [0.25, 0.3) is 23.3 Å². The van der Waals surface area contributed by atoms with E-state index in [1.54, 1.807) is 25.4 Å². The van der Waals surface area contributed by atoms with E-state index in [4.69, 9.17) is 0 Å². The molecule has 15 nitrogen and oxygen atoms in total. The SMILES string of the molecule is [CH2-][C@]1(Nc2cnn(C)c(=O)c2Br)C[C@H](c2ccc(C(=O)N3CCC(N4CCN(c5ccc6c(c5)C(=O)N(C5CCC(=O)NC5=O)C6=O)CC4)CC3)cc2)CN(C)C1.[Lr]. The predicted molar refractivity (Wildman–Crippen MR) is 216 cm³/mol. The molecule has 5 aliphatic rings. The molecule has 0 bridgehead atoms. The summed E-state index contributed by atoms with van der Waals surface area (Å²) in [6.07, 6.45) is 4.37. The minimum atomic E-state index is -0.986. The number of anilines is 2. The van der Waals surface area contributed by atoms with Crippen LogP contribution in [-0.4, -0.2) is 136 Å².